The maximum Gasteiger partial charge on any atom is 0.225 e. The Bertz CT molecular complexity index is 649. The highest BCUT2D eigenvalue weighted by Gasteiger charge is 2.31. The molecule has 1 saturated carbocycles. The number of rotatable bonds is 4. The number of likely N-dealkylation sites (tertiary alicyclic amines) is 1. The van der Waals surface area contributed by atoms with Gasteiger partial charge in [0.15, 0.2) is 5.96 Å². The van der Waals surface area contributed by atoms with Crippen molar-refractivity contribution < 1.29 is 4.79 Å². The molecule has 1 saturated heterocycles. The van der Waals surface area contributed by atoms with Gasteiger partial charge in [-0.15, -0.1) is 24.0 Å². The van der Waals surface area contributed by atoms with Gasteiger partial charge in [-0.2, -0.15) is 0 Å². The number of aliphatic imine (C=N–C) groups is 1. The van der Waals surface area contributed by atoms with Crippen molar-refractivity contribution in [3.63, 3.8) is 0 Å². The summed E-state index contributed by atoms with van der Waals surface area (Å²) in [5, 5.41) is 7.51. The molecule has 0 spiro atoms. The molecule has 27 heavy (non-hydrogen) atoms. The molecule has 1 heterocycles. The SMILES string of the molecule is CN=C(NCc1ccccc1Cl)NC1CCN(C(=O)C2CCCCC2)C1.I. The number of amides is 1. The van der Waals surface area contributed by atoms with E-state index in [0.717, 1.165) is 48.9 Å². The van der Waals surface area contributed by atoms with E-state index in [4.69, 9.17) is 11.6 Å². The number of halogens is 2. The van der Waals surface area contributed by atoms with Crippen molar-refractivity contribution in [3.05, 3.63) is 34.9 Å². The molecule has 150 valence electrons. The molecule has 0 aromatic heterocycles. The maximum absolute atomic E-state index is 12.7. The van der Waals surface area contributed by atoms with Crippen molar-refractivity contribution in [1.29, 1.82) is 0 Å². The van der Waals surface area contributed by atoms with E-state index in [2.05, 4.69) is 15.6 Å². The molecule has 0 bridgehead atoms. The number of carbonyl (C=O) groups excluding carboxylic acids is 1. The second-order valence-electron chi connectivity index (χ2n) is 7.27. The van der Waals surface area contributed by atoms with Gasteiger partial charge in [-0.05, 0) is 30.9 Å². The van der Waals surface area contributed by atoms with Crippen LogP contribution in [0.15, 0.2) is 29.3 Å². The number of hydrogen-bond donors (Lipinski definition) is 2. The monoisotopic (exact) mass is 504 g/mol. The van der Waals surface area contributed by atoms with Gasteiger partial charge >= 0.3 is 0 Å². The second kappa shape index (κ2) is 11.1. The first-order chi connectivity index (χ1) is 12.7. The van der Waals surface area contributed by atoms with E-state index < -0.39 is 0 Å². The van der Waals surface area contributed by atoms with E-state index in [0.29, 0.717) is 12.5 Å². The van der Waals surface area contributed by atoms with Crippen LogP contribution >= 0.6 is 35.6 Å². The molecule has 1 aliphatic heterocycles. The van der Waals surface area contributed by atoms with Crippen LogP contribution in [-0.4, -0.2) is 42.9 Å². The van der Waals surface area contributed by atoms with Crippen LogP contribution in [0.4, 0.5) is 0 Å². The lowest BCUT2D eigenvalue weighted by Crippen LogP contribution is -2.45. The molecule has 1 unspecified atom stereocenters. The molecule has 1 aromatic rings. The van der Waals surface area contributed by atoms with Crippen molar-refractivity contribution >= 4 is 47.4 Å². The summed E-state index contributed by atoms with van der Waals surface area (Å²) in [6.07, 6.45) is 6.77. The summed E-state index contributed by atoms with van der Waals surface area (Å²) in [4.78, 5) is 19.0. The number of guanidine groups is 1. The highest BCUT2D eigenvalue weighted by Crippen LogP contribution is 2.26. The van der Waals surface area contributed by atoms with E-state index in [-0.39, 0.29) is 35.9 Å². The van der Waals surface area contributed by atoms with E-state index in [1.165, 1.54) is 19.3 Å². The van der Waals surface area contributed by atoms with E-state index in [9.17, 15) is 4.79 Å². The molecular formula is C20H30ClIN4O. The molecule has 1 aromatic carbocycles. The molecule has 7 heteroatoms. The fourth-order valence-corrected chi connectivity index (χ4v) is 4.10. The lowest BCUT2D eigenvalue weighted by atomic mass is 9.88. The molecular weight excluding hydrogens is 475 g/mol. The van der Waals surface area contributed by atoms with Crippen molar-refractivity contribution in [2.45, 2.75) is 51.1 Å². The molecule has 1 amide bonds. The number of nitrogens with zero attached hydrogens (tertiary/aromatic N) is 2. The molecule has 1 aliphatic carbocycles. The van der Waals surface area contributed by atoms with Crippen molar-refractivity contribution in [3.8, 4) is 0 Å². The number of nitrogens with one attached hydrogen (secondary N) is 2. The van der Waals surface area contributed by atoms with Crippen molar-refractivity contribution in [2.75, 3.05) is 20.1 Å². The average Bonchev–Trinajstić information content (AvgIpc) is 3.15. The maximum atomic E-state index is 12.7. The molecule has 0 radical (unpaired) electrons. The van der Waals surface area contributed by atoms with Crippen LogP contribution in [0.1, 0.15) is 44.1 Å². The summed E-state index contributed by atoms with van der Waals surface area (Å²) >= 11 is 6.20. The third-order valence-corrected chi connectivity index (χ3v) is 5.79. The molecule has 1 atom stereocenters. The third kappa shape index (κ3) is 6.24. The lowest BCUT2D eigenvalue weighted by molar-refractivity contribution is -0.135. The van der Waals surface area contributed by atoms with Crippen LogP contribution in [0.25, 0.3) is 0 Å². The predicted molar refractivity (Wildman–Crippen MR) is 122 cm³/mol. The minimum atomic E-state index is 0. The van der Waals surface area contributed by atoms with Gasteiger partial charge in [-0.1, -0.05) is 49.1 Å². The zero-order valence-electron chi connectivity index (χ0n) is 15.9. The van der Waals surface area contributed by atoms with Gasteiger partial charge in [0.25, 0.3) is 0 Å². The molecule has 2 aliphatic rings. The Hall–Kier alpha value is -1.02. The summed E-state index contributed by atoms with van der Waals surface area (Å²) in [5.74, 6) is 1.36. The Morgan fingerprint density at radius 2 is 1.96 bits per heavy atom. The number of benzene rings is 1. The van der Waals surface area contributed by atoms with Gasteiger partial charge in [0, 0.05) is 43.7 Å². The summed E-state index contributed by atoms with van der Waals surface area (Å²) in [6, 6.07) is 8.05. The van der Waals surface area contributed by atoms with E-state index >= 15 is 0 Å². The second-order valence-corrected chi connectivity index (χ2v) is 7.67. The first-order valence-electron chi connectivity index (χ1n) is 9.66. The van der Waals surface area contributed by atoms with Crippen LogP contribution in [0.5, 0.6) is 0 Å². The smallest absolute Gasteiger partial charge is 0.225 e. The predicted octanol–water partition coefficient (Wildman–Crippen LogP) is 3.80. The number of carbonyl (C=O) groups is 1. The Kier molecular flexibility index (Phi) is 9.15. The lowest BCUT2D eigenvalue weighted by Gasteiger charge is -2.26. The van der Waals surface area contributed by atoms with Gasteiger partial charge < -0.3 is 15.5 Å². The van der Waals surface area contributed by atoms with Crippen molar-refractivity contribution in [1.82, 2.24) is 15.5 Å². The highest BCUT2D eigenvalue weighted by molar-refractivity contribution is 14.0. The van der Waals surface area contributed by atoms with Gasteiger partial charge in [0.2, 0.25) is 5.91 Å². The largest absolute Gasteiger partial charge is 0.352 e. The Morgan fingerprint density at radius 1 is 1.22 bits per heavy atom. The number of hydrogen-bond acceptors (Lipinski definition) is 2. The summed E-state index contributed by atoms with van der Waals surface area (Å²) in [7, 11) is 1.77. The standard InChI is InChI=1S/C20H29ClN4O.HI/c1-22-20(23-13-16-9-5-6-10-18(16)21)24-17-11-12-25(14-17)19(26)15-7-3-2-4-8-15;/h5-6,9-10,15,17H,2-4,7-8,11-14H2,1H3,(H2,22,23,24);1H. The van der Waals surface area contributed by atoms with E-state index in [1.54, 1.807) is 7.05 Å². The molecule has 3 rings (SSSR count). The first kappa shape index (κ1) is 22.3. The summed E-state index contributed by atoms with van der Waals surface area (Å²) in [6.45, 7) is 2.23. The minimum Gasteiger partial charge on any atom is -0.352 e. The quantitative estimate of drug-likeness (QED) is 0.373. The molecule has 2 N–H and O–H groups in total. The average molecular weight is 505 g/mol. The third-order valence-electron chi connectivity index (χ3n) is 5.42. The minimum absolute atomic E-state index is 0. The molecule has 5 nitrogen and oxygen atoms in total. The summed E-state index contributed by atoms with van der Waals surface area (Å²) < 4.78 is 0. The normalized spacial score (nSPS) is 20.9. The van der Waals surface area contributed by atoms with Crippen LogP contribution in [-0.2, 0) is 11.3 Å². The van der Waals surface area contributed by atoms with Crippen LogP contribution in [0.2, 0.25) is 5.02 Å². The zero-order chi connectivity index (χ0) is 18.4. The van der Waals surface area contributed by atoms with Crippen LogP contribution in [0, 0.1) is 5.92 Å². The Labute approximate surface area is 184 Å². The topological polar surface area (TPSA) is 56.7 Å². The van der Waals surface area contributed by atoms with Crippen LogP contribution in [0.3, 0.4) is 0 Å². The van der Waals surface area contributed by atoms with Crippen molar-refractivity contribution in [2.24, 2.45) is 10.9 Å². The Balaban J connectivity index is 0.00000261. The zero-order valence-corrected chi connectivity index (χ0v) is 19.0. The van der Waals surface area contributed by atoms with Gasteiger partial charge in [-0.25, -0.2) is 0 Å². The fourth-order valence-electron chi connectivity index (χ4n) is 3.89. The fraction of sp³-hybridized carbons (Fsp3) is 0.600. The summed E-state index contributed by atoms with van der Waals surface area (Å²) in [5.41, 5.74) is 1.04. The van der Waals surface area contributed by atoms with Gasteiger partial charge in [-0.3, -0.25) is 9.79 Å². The van der Waals surface area contributed by atoms with E-state index in [1.807, 2.05) is 29.2 Å². The molecule has 2 fully saturated rings. The van der Waals surface area contributed by atoms with Gasteiger partial charge in [0.05, 0.1) is 0 Å². The Morgan fingerprint density at radius 3 is 2.67 bits per heavy atom. The van der Waals surface area contributed by atoms with Gasteiger partial charge in [0.1, 0.15) is 0 Å². The van der Waals surface area contributed by atoms with Crippen LogP contribution < -0.4 is 10.6 Å². The highest BCUT2D eigenvalue weighted by atomic mass is 127. The first-order valence-corrected chi connectivity index (χ1v) is 10.0.